The van der Waals surface area contributed by atoms with Gasteiger partial charge >= 0.3 is 0 Å². The third kappa shape index (κ3) is 3.21. The lowest BCUT2D eigenvalue weighted by Crippen LogP contribution is -2.33. The topological polar surface area (TPSA) is 42.3 Å². The van der Waals surface area contributed by atoms with Gasteiger partial charge in [-0.2, -0.15) is 4.31 Å². The van der Waals surface area contributed by atoms with Crippen molar-refractivity contribution in [1.29, 1.82) is 0 Å². The van der Waals surface area contributed by atoms with Gasteiger partial charge in [0.05, 0.1) is 5.88 Å². The van der Waals surface area contributed by atoms with Gasteiger partial charge < -0.3 is 4.57 Å². The van der Waals surface area contributed by atoms with E-state index in [-0.39, 0.29) is 6.04 Å². The van der Waals surface area contributed by atoms with Crippen molar-refractivity contribution in [3.8, 4) is 0 Å². The zero-order valence-corrected chi connectivity index (χ0v) is 13.8. The molecular weight excluding hydrogens is 296 g/mol. The molecule has 114 valence electrons. The minimum atomic E-state index is -3.38. The average Bonchev–Trinajstić information content (AvgIpc) is 3.16. The molecule has 0 amide bonds. The number of rotatable bonds is 8. The fourth-order valence-electron chi connectivity index (χ4n) is 2.38. The van der Waals surface area contributed by atoms with Crippen molar-refractivity contribution in [1.82, 2.24) is 8.87 Å². The van der Waals surface area contributed by atoms with Crippen LogP contribution in [0.5, 0.6) is 0 Å². The molecule has 2 rings (SSSR count). The highest BCUT2D eigenvalue weighted by atomic mass is 35.5. The summed E-state index contributed by atoms with van der Waals surface area (Å²) in [4.78, 5) is 0.387. The molecule has 1 aromatic rings. The highest BCUT2D eigenvalue weighted by Gasteiger charge is 2.38. The standard InChI is InChI=1S/C14H23ClN2O2S/c1-3-5-8-17(12-6-7-12)20(18,19)14-9-13(10-15)16(4-2)11-14/h9,11-12H,3-8,10H2,1-2H3. The molecule has 0 atom stereocenters. The molecule has 4 nitrogen and oxygen atoms in total. The zero-order chi connectivity index (χ0) is 14.8. The van der Waals surface area contributed by atoms with Crippen molar-refractivity contribution in [2.24, 2.45) is 0 Å². The summed E-state index contributed by atoms with van der Waals surface area (Å²) in [6, 6.07) is 1.92. The minimum absolute atomic E-state index is 0.205. The Hall–Kier alpha value is -0.520. The van der Waals surface area contributed by atoms with Gasteiger partial charge in [-0.05, 0) is 32.3 Å². The predicted octanol–water partition coefficient (Wildman–Crippen LogP) is 3.20. The summed E-state index contributed by atoms with van der Waals surface area (Å²) in [5.41, 5.74) is 0.860. The van der Waals surface area contributed by atoms with E-state index in [1.807, 2.05) is 11.5 Å². The van der Waals surface area contributed by atoms with Crippen molar-refractivity contribution in [2.75, 3.05) is 6.54 Å². The average molecular weight is 319 g/mol. The number of nitrogens with zero attached hydrogens (tertiary/aromatic N) is 2. The van der Waals surface area contributed by atoms with Crippen molar-refractivity contribution >= 4 is 21.6 Å². The second kappa shape index (κ2) is 6.50. The summed E-state index contributed by atoms with van der Waals surface area (Å²) in [5.74, 6) is 0.335. The van der Waals surface area contributed by atoms with Gasteiger partial charge in [0, 0.05) is 31.0 Å². The summed E-state index contributed by atoms with van der Waals surface area (Å²) in [7, 11) is -3.38. The molecule has 0 unspecified atom stereocenters. The van der Waals surface area contributed by atoms with Crippen molar-refractivity contribution in [2.45, 2.75) is 62.9 Å². The van der Waals surface area contributed by atoms with Crippen LogP contribution in [0.3, 0.4) is 0 Å². The normalized spacial score (nSPS) is 16.0. The van der Waals surface area contributed by atoms with Gasteiger partial charge in [-0.15, -0.1) is 11.6 Å². The highest BCUT2D eigenvalue weighted by molar-refractivity contribution is 7.89. The van der Waals surface area contributed by atoms with Gasteiger partial charge in [0.25, 0.3) is 0 Å². The van der Waals surface area contributed by atoms with Gasteiger partial charge in [0.2, 0.25) is 10.0 Å². The van der Waals surface area contributed by atoms with Crippen LogP contribution < -0.4 is 0 Å². The number of hydrogen-bond donors (Lipinski definition) is 0. The maximum absolute atomic E-state index is 12.8. The Morgan fingerprint density at radius 3 is 2.55 bits per heavy atom. The highest BCUT2D eigenvalue weighted by Crippen LogP contribution is 2.33. The molecule has 1 saturated carbocycles. The Bertz CT molecular complexity index is 528. The van der Waals surface area contributed by atoms with Crippen LogP contribution in [0.25, 0.3) is 0 Å². The molecule has 0 saturated heterocycles. The van der Waals surface area contributed by atoms with Crippen LogP contribution in [0, 0.1) is 0 Å². The van der Waals surface area contributed by atoms with Crippen LogP contribution in [0.15, 0.2) is 17.2 Å². The molecule has 0 aliphatic heterocycles. The van der Waals surface area contributed by atoms with E-state index in [2.05, 4.69) is 6.92 Å². The fourth-order valence-corrected chi connectivity index (χ4v) is 4.40. The van der Waals surface area contributed by atoms with Crippen LogP contribution in [-0.4, -0.2) is 29.9 Å². The zero-order valence-electron chi connectivity index (χ0n) is 12.2. The van der Waals surface area contributed by atoms with E-state index in [9.17, 15) is 8.42 Å². The number of alkyl halides is 1. The summed E-state index contributed by atoms with van der Waals surface area (Å²) in [6.07, 6.45) is 5.60. The second-order valence-corrected chi connectivity index (χ2v) is 7.45. The van der Waals surface area contributed by atoms with Crippen molar-refractivity contribution < 1.29 is 8.42 Å². The van der Waals surface area contributed by atoms with Gasteiger partial charge in [0.15, 0.2) is 0 Å². The first-order valence-electron chi connectivity index (χ1n) is 7.31. The van der Waals surface area contributed by atoms with Gasteiger partial charge in [-0.1, -0.05) is 13.3 Å². The van der Waals surface area contributed by atoms with Crippen LogP contribution in [0.1, 0.15) is 45.2 Å². The molecule has 0 bridgehead atoms. The molecule has 1 aliphatic carbocycles. The van der Waals surface area contributed by atoms with Crippen LogP contribution in [0.2, 0.25) is 0 Å². The van der Waals surface area contributed by atoms with Gasteiger partial charge in [-0.3, -0.25) is 0 Å². The monoisotopic (exact) mass is 318 g/mol. The van der Waals surface area contributed by atoms with Gasteiger partial charge in [-0.25, -0.2) is 8.42 Å². The number of sulfonamides is 1. The molecule has 1 aromatic heterocycles. The SMILES string of the molecule is CCCCN(C1CC1)S(=O)(=O)c1cc(CCl)n(CC)c1. The maximum atomic E-state index is 12.8. The molecule has 1 fully saturated rings. The van der Waals surface area contributed by atoms with E-state index < -0.39 is 10.0 Å². The van der Waals surface area contributed by atoms with Crippen molar-refractivity contribution in [3.05, 3.63) is 18.0 Å². The molecule has 1 heterocycles. The number of aromatic nitrogens is 1. The number of hydrogen-bond acceptors (Lipinski definition) is 2. The Kier molecular flexibility index (Phi) is 5.15. The van der Waals surface area contributed by atoms with E-state index in [1.54, 1.807) is 16.6 Å². The molecular formula is C14H23ClN2O2S. The Balaban J connectivity index is 2.29. The largest absolute Gasteiger partial charge is 0.349 e. The number of aryl methyl sites for hydroxylation is 1. The van der Waals surface area contributed by atoms with E-state index >= 15 is 0 Å². The Morgan fingerprint density at radius 1 is 1.40 bits per heavy atom. The summed E-state index contributed by atoms with van der Waals surface area (Å²) < 4.78 is 29.2. The second-order valence-electron chi connectivity index (χ2n) is 5.29. The molecule has 1 aliphatic rings. The molecule has 0 aromatic carbocycles. The van der Waals surface area contributed by atoms with Crippen LogP contribution in [0.4, 0.5) is 0 Å². The first-order chi connectivity index (χ1) is 9.54. The molecule has 6 heteroatoms. The fraction of sp³-hybridized carbons (Fsp3) is 0.714. The third-order valence-electron chi connectivity index (χ3n) is 3.73. The Morgan fingerprint density at radius 2 is 2.10 bits per heavy atom. The van der Waals surface area contributed by atoms with Crippen molar-refractivity contribution in [3.63, 3.8) is 0 Å². The smallest absolute Gasteiger partial charge is 0.244 e. The summed E-state index contributed by atoms with van der Waals surface area (Å²) in [6.45, 7) is 5.42. The van der Waals surface area contributed by atoms with E-state index in [0.717, 1.165) is 37.9 Å². The molecule has 0 N–H and O–H groups in total. The van der Waals surface area contributed by atoms with E-state index in [0.29, 0.717) is 17.3 Å². The quantitative estimate of drug-likeness (QED) is 0.691. The number of halogens is 1. The summed E-state index contributed by atoms with van der Waals surface area (Å²) in [5, 5.41) is 0. The third-order valence-corrected chi connectivity index (χ3v) is 5.92. The Labute approximate surface area is 126 Å². The molecule has 20 heavy (non-hydrogen) atoms. The van der Waals surface area contributed by atoms with Crippen LogP contribution in [-0.2, 0) is 22.4 Å². The van der Waals surface area contributed by atoms with Crippen LogP contribution >= 0.6 is 11.6 Å². The lowest BCUT2D eigenvalue weighted by molar-refractivity contribution is 0.395. The minimum Gasteiger partial charge on any atom is -0.349 e. The lowest BCUT2D eigenvalue weighted by Gasteiger charge is -2.20. The molecule has 0 spiro atoms. The maximum Gasteiger partial charge on any atom is 0.244 e. The van der Waals surface area contributed by atoms with Gasteiger partial charge in [0.1, 0.15) is 4.90 Å². The van der Waals surface area contributed by atoms with E-state index in [1.165, 1.54) is 0 Å². The molecule has 0 radical (unpaired) electrons. The predicted molar refractivity (Wildman–Crippen MR) is 81.5 cm³/mol. The lowest BCUT2D eigenvalue weighted by atomic mass is 10.3. The number of unbranched alkanes of at least 4 members (excludes halogenated alkanes) is 1. The first-order valence-corrected chi connectivity index (χ1v) is 9.28. The van der Waals surface area contributed by atoms with E-state index in [4.69, 9.17) is 11.6 Å². The summed E-state index contributed by atoms with van der Waals surface area (Å²) >= 11 is 5.88. The first kappa shape index (κ1) is 15.9.